The number of pyridine rings is 1. The third-order valence-corrected chi connectivity index (χ3v) is 3.67. The lowest BCUT2D eigenvalue weighted by Crippen LogP contribution is -2.23. The van der Waals surface area contributed by atoms with Crippen molar-refractivity contribution in [2.75, 3.05) is 7.11 Å². The first-order valence-electron chi connectivity index (χ1n) is 4.64. The number of aromatic nitrogens is 1. The molecule has 0 spiro atoms. The Morgan fingerprint density at radius 1 is 1.69 bits per heavy atom. The van der Waals surface area contributed by atoms with E-state index in [1.54, 1.807) is 18.3 Å². The molecule has 0 aromatic carbocycles. The number of carbonyl (C=O) groups is 1. The van der Waals surface area contributed by atoms with Gasteiger partial charge in [-0.15, -0.1) is 0 Å². The minimum Gasteiger partial charge on any atom is -0.481 e. The minimum atomic E-state index is -1.48. The van der Waals surface area contributed by atoms with Crippen molar-refractivity contribution >= 4 is 16.8 Å². The number of ether oxygens (including phenoxy) is 1. The molecule has 1 aromatic rings. The zero-order valence-corrected chi connectivity index (χ0v) is 9.86. The molecule has 0 aliphatic heterocycles. The van der Waals surface area contributed by atoms with Crippen LogP contribution in [0.2, 0.25) is 0 Å². The molecule has 1 rings (SSSR count). The summed E-state index contributed by atoms with van der Waals surface area (Å²) in [7, 11) is -0.00965. The Morgan fingerprint density at radius 2 is 2.38 bits per heavy atom. The molecular weight excluding hydrogens is 230 g/mol. The zero-order chi connectivity index (χ0) is 12.1. The van der Waals surface area contributed by atoms with E-state index in [2.05, 4.69) is 4.98 Å². The van der Waals surface area contributed by atoms with Crippen LogP contribution in [-0.4, -0.2) is 32.6 Å². The van der Waals surface area contributed by atoms with E-state index in [9.17, 15) is 9.00 Å². The average Bonchev–Trinajstić information content (AvgIpc) is 2.28. The van der Waals surface area contributed by atoms with Gasteiger partial charge in [0.2, 0.25) is 5.88 Å². The van der Waals surface area contributed by atoms with Crippen molar-refractivity contribution in [3.05, 3.63) is 23.9 Å². The van der Waals surface area contributed by atoms with E-state index in [0.29, 0.717) is 11.4 Å². The van der Waals surface area contributed by atoms with Crippen molar-refractivity contribution in [2.24, 2.45) is 0 Å². The Kier molecular flexibility index (Phi) is 4.42. The van der Waals surface area contributed by atoms with E-state index >= 15 is 0 Å². The normalized spacial score (nSPS) is 14.1. The topological polar surface area (TPSA) is 76.5 Å². The van der Waals surface area contributed by atoms with Gasteiger partial charge in [-0.3, -0.25) is 9.00 Å². The average molecular weight is 243 g/mol. The highest BCUT2D eigenvalue weighted by molar-refractivity contribution is 7.85. The lowest BCUT2D eigenvalue weighted by atomic mass is 10.3. The highest BCUT2D eigenvalue weighted by atomic mass is 32.2. The fourth-order valence-electron chi connectivity index (χ4n) is 1.11. The van der Waals surface area contributed by atoms with Gasteiger partial charge in [0.05, 0.1) is 12.9 Å². The van der Waals surface area contributed by atoms with Crippen molar-refractivity contribution in [3.63, 3.8) is 0 Å². The van der Waals surface area contributed by atoms with E-state index in [-0.39, 0.29) is 5.75 Å². The Bertz CT molecular complexity index is 408. The summed E-state index contributed by atoms with van der Waals surface area (Å²) in [6, 6.07) is 3.42. The number of rotatable bonds is 5. The van der Waals surface area contributed by atoms with Crippen molar-refractivity contribution < 1.29 is 18.8 Å². The van der Waals surface area contributed by atoms with Crippen molar-refractivity contribution in [1.29, 1.82) is 0 Å². The quantitative estimate of drug-likeness (QED) is 0.828. The molecule has 0 saturated heterocycles. The molecular formula is C10H13NO4S. The highest BCUT2D eigenvalue weighted by Crippen LogP contribution is 2.17. The van der Waals surface area contributed by atoms with E-state index in [0.717, 1.165) is 0 Å². The van der Waals surface area contributed by atoms with Gasteiger partial charge in [0.15, 0.2) is 0 Å². The van der Waals surface area contributed by atoms with Gasteiger partial charge >= 0.3 is 5.97 Å². The molecule has 1 aromatic heterocycles. The summed E-state index contributed by atoms with van der Waals surface area (Å²) >= 11 is 0. The van der Waals surface area contributed by atoms with Crippen LogP contribution in [0.1, 0.15) is 12.5 Å². The Labute approximate surface area is 95.9 Å². The van der Waals surface area contributed by atoms with Crippen LogP contribution in [0, 0.1) is 0 Å². The Hall–Kier alpha value is -1.43. The third-order valence-electron chi connectivity index (χ3n) is 2.08. The van der Waals surface area contributed by atoms with E-state index in [4.69, 9.17) is 9.84 Å². The Morgan fingerprint density at radius 3 is 2.94 bits per heavy atom. The number of carboxylic acid groups (broad SMARTS) is 1. The molecule has 6 heteroatoms. The van der Waals surface area contributed by atoms with Crippen LogP contribution < -0.4 is 4.74 Å². The van der Waals surface area contributed by atoms with Crippen LogP contribution in [0.25, 0.3) is 0 Å². The number of hydrogen-bond donors (Lipinski definition) is 1. The largest absolute Gasteiger partial charge is 0.481 e. The summed E-state index contributed by atoms with van der Waals surface area (Å²) in [6.45, 7) is 1.42. The van der Waals surface area contributed by atoms with Gasteiger partial charge < -0.3 is 9.84 Å². The molecule has 2 atom stereocenters. The predicted octanol–water partition coefficient (Wildman–Crippen LogP) is 0.812. The SMILES string of the molecule is COc1ncccc1CS(=O)C(C)C(=O)O. The maximum atomic E-state index is 11.7. The van der Waals surface area contributed by atoms with Crippen LogP contribution in [0.3, 0.4) is 0 Å². The third kappa shape index (κ3) is 3.03. The summed E-state index contributed by atoms with van der Waals surface area (Å²) in [6.07, 6.45) is 1.56. The molecule has 16 heavy (non-hydrogen) atoms. The standard InChI is InChI=1S/C10H13NO4S/c1-7(10(12)13)16(14)6-8-4-3-5-11-9(8)15-2/h3-5,7H,6H2,1-2H3,(H,12,13). The van der Waals surface area contributed by atoms with Crippen LogP contribution in [0.15, 0.2) is 18.3 Å². The van der Waals surface area contributed by atoms with Crippen molar-refractivity contribution in [1.82, 2.24) is 4.98 Å². The molecule has 1 heterocycles. The number of carboxylic acids is 1. The van der Waals surface area contributed by atoms with Gasteiger partial charge in [0.1, 0.15) is 5.25 Å². The molecule has 0 saturated carbocycles. The van der Waals surface area contributed by atoms with Gasteiger partial charge in [0.25, 0.3) is 0 Å². The number of methoxy groups -OCH3 is 1. The number of nitrogens with zero attached hydrogens (tertiary/aromatic N) is 1. The maximum Gasteiger partial charge on any atom is 0.318 e. The van der Waals surface area contributed by atoms with E-state index < -0.39 is 22.0 Å². The fraction of sp³-hybridized carbons (Fsp3) is 0.400. The van der Waals surface area contributed by atoms with Gasteiger partial charge in [-0.2, -0.15) is 0 Å². The summed E-state index contributed by atoms with van der Waals surface area (Å²) in [5.74, 6) is -0.556. The second-order valence-electron chi connectivity index (χ2n) is 3.18. The lowest BCUT2D eigenvalue weighted by Gasteiger charge is -2.09. The van der Waals surface area contributed by atoms with Gasteiger partial charge in [0, 0.05) is 22.6 Å². The molecule has 0 fully saturated rings. The van der Waals surface area contributed by atoms with Gasteiger partial charge in [-0.1, -0.05) is 6.07 Å². The molecule has 0 radical (unpaired) electrons. The van der Waals surface area contributed by atoms with E-state index in [1.165, 1.54) is 14.0 Å². The van der Waals surface area contributed by atoms with Crippen LogP contribution >= 0.6 is 0 Å². The number of aliphatic carboxylic acids is 1. The smallest absolute Gasteiger partial charge is 0.318 e. The van der Waals surface area contributed by atoms with Crippen molar-refractivity contribution in [3.8, 4) is 5.88 Å². The van der Waals surface area contributed by atoms with Crippen molar-refractivity contribution in [2.45, 2.75) is 17.9 Å². The summed E-state index contributed by atoms with van der Waals surface area (Å²) in [4.78, 5) is 14.6. The molecule has 0 aliphatic rings. The lowest BCUT2D eigenvalue weighted by molar-refractivity contribution is -0.136. The monoisotopic (exact) mass is 243 g/mol. The first kappa shape index (κ1) is 12.6. The summed E-state index contributed by atoms with van der Waals surface area (Å²) in [5, 5.41) is 7.82. The van der Waals surface area contributed by atoms with Crippen LogP contribution in [-0.2, 0) is 21.3 Å². The molecule has 1 N–H and O–H groups in total. The van der Waals surface area contributed by atoms with E-state index in [1.807, 2.05) is 0 Å². The molecule has 88 valence electrons. The fourth-order valence-corrected chi connectivity index (χ4v) is 2.11. The van der Waals surface area contributed by atoms with Crippen LogP contribution in [0.4, 0.5) is 0 Å². The second kappa shape index (κ2) is 5.60. The minimum absolute atomic E-state index is 0.129. The molecule has 5 nitrogen and oxygen atoms in total. The first-order valence-corrected chi connectivity index (χ1v) is 6.02. The first-order chi connectivity index (χ1) is 7.56. The van der Waals surface area contributed by atoms with Crippen LogP contribution in [0.5, 0.6) is 5.88 Å². The van der Waals surface area contributed by atoms with Gasteiger partial charge in [-0.25, -0.2) is 4.98 Å². The maximum absolute atomic E-state index is 11.7. The highest BCUT2D eigenvalue weighted by Gasteiger charge is 2.20. The Balaban J connectivity index is 2.80. The predicted molar refractivity (Wildman–Crippen MR) is 59.7 cm³/mol. The summed E-state index contributed by atoms with van der Waals surface area (Å²) in [5.41, 5.74) is 0.649. The molecule has 0 bridgehead atoms. The molecule has 2 unspecified atom stereocenters. The molecule has 0 amide bonds. The second-order valence-corrected chi connectivity index (χ2v) is 4.93. The zero-order valence-electron chi connectivity index (χ0n) is 9.04. The summed E-state index contributed by atoms with van der Waals surface area (Å²) < 4.78 is 16.7. The number of hydrogen-bond acceptors (Lipinski definition) is 4. The molecule has 0 aliphatic carbocycles. The van der Waals surface area contributed by atoms with Gasteiger partial charge in [-0.05, 0) is 13.0 Å².